The maximum Gasteiger partial charge on any atom is 3.00 e. The number of rotatable bonds is 0. The second-order valence-corrected chi connectivity index (χ2v) is 2.32. The van der Waals surface area contributed by atoms with E-state index in [0.29, 0.717) is 0 Å². The van der Waals surface area contributed by atoms with E-state index < -0.39 is 14.5 Å². The monoisotopic (exact) mass is 298 g/mol. The van der Waals surface area contributed by atoms with Gasteiger partial charge in [0.05, 0.1) is 0 Å². The molecule has 0 aliphatic heterocycles. The van der Waals surface area contributed by atoms with E-state index in [1.807, 2.05) is 0 Å². The van der Waals surface area contributed by atoms with Gasteiger partial charge < -0.3 is 0 Å². The van der Waals surface area contributed by atoms with Crippen molar-refractivity contribution in [3.8, 4) is 0 Å². The molecule has 0 unspecified atom stereocenters. The van der Waals surface area contributed by atoms with E-state index >= 15 is 0 Å². The SMILES string of the molecule is O=[As]([O-])([O-])[O-].[Tb+3]. The molecule has 0 amide bonds. The van der Waals surface area contributed by atoms with E-state index in [1.54, 1.807) is 0 Å². The Morgan fingerprint density at radius 2 is 1.17 bits per heavy atom. The molecule has 0 spiro atoms. The molecule has 0 heterocycles. The minimum Gasteiger partial charge on any atom is 3.00 e. The third kappa shape index (κ3) is 48.7. The quantitative estimate of drug-likeness (QED) is 0.426. The summed E-state index contributed by atoms with van der Waals surface area (Å²) in [6.07, 6.45) is 0. The Morgan fingerprint density at radius 1 is 1.17 bits per heavy atom. The van der Waals surface area contributed by atoms with E-state index in [9.17, 15) is 0 Å². The molecular formula is AsO4Tb. The van der Waals surface area contributed by atoms with Crippen LogP contribution in [0, 0.1) is 38.6 Å². The van der Waals surface area contributed by atoms with Crippen LogP contribution in [0.4, 0.5) is 0 Å². The van der Waals surface area contributed by atoms with Gasteiger partial charge in [0, 0.05) is 0 Å². The molecule has 6 heavy (non-hydrogen) atoms. The third-order valence-electron chi connectivity index (χ3n) is 0. The van der Waals surface area contributed by atoms with Crippen molar-refractivity contribution in [3.63, 3.8) is 0 Å². The van der Waals surface area contributed by atoms with Gasteiger partial charge >= 0.3 is 69.2 Å². The zero-order chi connectivity index (χ0) is 4.50. The first kappa shape index (κ1) is 10.5. The summed E-state index contributed by atoms with van der Waals surface area (Å²) in [7, 11) is 0. The smallest absolute Gasteiger partial charge is 3.00 e. The largest absolute Gasteiger partial charge is 3.00 e. The topological polar surface area (TPSA) is 86.2 Å². The van der Waals surface area contributed by atoms with Crippen LogP contribution < -0.4 is 12.3 Å². The molecule has 0 saturated heterocycles. The zero-order valence-corrected chi connectivity index (χ0v) is 6.43. The summed E-state index contributed by atoms with van der Waals surface area (Å²) in [6.45, 7) is 0. The molecule has 0 aromatic rings. The standard InChI is InChI=1S/AsH3O4.Tb/c2-1(3,4)5;/h(H3,2,3,4,5);/q;+3/p-3. The van der Waals surface area contributed by atoms with E-state index in [1.165, 1.54) is 0 Å². The summed E-state index contributed by atoms with van der Waals surface area (Å²) in [5.74, 6) is 0. The van der Waals surface area contributed by atoms with Gasteiger partial charge in [0.25, 0.3) is 0 Å². The third-order valence-corrected chi connectivity index (χ3v) is 0. The molecule has 0 aromatic carbocycles. The zero-order valence-electron chi connectivity index (χ0n) is 2.41. The Bertz CT molecular complexity index is 53.7. The first-order valence-corrected chi connectivity index (χ1v) is 3.79. The number of hydrogen-bond donors (Lipinski definition) is 0. The fourth-order valence-corrected chi connectivity index (χ4v) is 0. The van der Waals surface area contributed by atoms with Crippen LogP contribution in [0.1, 0.15) is 0 Å². The van der Waals surface area contributed by atoms with Gasteiger partial charge in [-0.1, -0.05) is 0 Å². The van der Waals surface area contributed by atoms with E-state index in [0.717, 1.165) is 0 Å². The Morgan fingerprint density at radius 3 is 1.17 bits per heavy atom. The van der Waals surface area contributed by atoms with Crippen molar-refractivity contribution in [2.75, 3.05) is 0 Å². The van der Waals surface area contributed by atoms with E-state index in [4.69, 9.17) is 16.0 Å². The molecular weight excluding hydrogens is 298 g/mol. The summed E-state index contributed by atoms with van der Waals surface area (Å²) < 4.78 is 34.4. The molecule has 0 radical (unpaired) electrons. The van der Waals surface area contributed by atoms with Crippen LogP contribution in [0.5, 0.6) is 0 Å². The first-order chi connectivity index (χ1) is 2.00. The summed E-state index contributed by atoms with van der Waals surface area (Å²) in [5.41, 5.74) is 0. The van der Waals surface area contributed by atoms with Crippen LogP contribution in [-0.2, 0) is 3.74 Å². The van der Waals surface area contributed by atoms with Crippen molar-refractivity contribution >= 4 is 14.5 Å². The minimum atomic E-state index is -5.88. The van der Waals surface area contributed by atoms with Crippen molar-refractivity contribution in [2.24, 2.45) is 0 Å². The predicted octanol–water partition coefficient (Wildman–Crippen LogP) is -4.07. The van der Waals surface area contributed by atoms with Crippen LogP contribution >= 0.6 is 0 Å². The molecule has 6 heteroatoms. The average Bonchev–Trinajstić information content (AvgIpc) is 0.722. The minimum absolute atomic E-state index is 0. The molecule has 0 aromatic heterocycles. The average molecular weight is 298 g/mol. The molecule has 0 fully saturated rings. The van der Waals surface area contributed by atoms with Gasteiger partial charge in [0.1, 0.15) is 0 Å². The van der Waals surface area contributed by atoms with Crippen LogP contribution in [0.15, 0.2) is 0 Å². The van der Waals surface area contributed by atoms with Crippen molar-refractivity contribution in [2.45, 2.75) is 0 Å². The van der Waals surface area contributed by atoms with Gasteiger partial charge in [-0.3, -0.25) is 0 Å². The van der Waals surface area contributed by atoms with Crippen LogP contribution in [0.25, 0.3) is 0 Å². The molecule has 0 N–H and O–H groups in total. The normalized spacial score (nSPS) is 9.83. The van der Waals surface area contributed by atoms with Crippen molar-refractivity contribution < 1.29 is 54.6 Å². The molecule has 38 valence electrons. The fraction of sp³-hybridized carbons (Fsp3) is 0. The maximum absolute atomic E-state index is 8.61. The maximum atomic E-state index is 8.61. The predicted molar refractivity (Wildman–Crippen MR) is 6.44 cm³/mol. The van der Waals surface area contributed by atoms with Crippen LogP contribution in [0.2, 0.25) is 0 Å². The summed E-state index contributed by atoms with van der Waals surface area (Å²) in [6, 6.07) is 0. The molecule has 0 bridgehead atoms. The second kappa shape index (κ2) is 3.52. The van der Waals surface area contributed by atoms with Gasteiger partial charge in [-0.25, -0.2) is 0 Å². The summed E-state index contributed by atoms with van der Waals surface area (Å²) >= 11 is -5.88. The Labute approximate surface area is 68.3 Å². The van der Waals surface area contributed by atoms with Gasteiger partial charge in [-0.15, -0.1) is 0 Å². The molecule has 0 rings (SSSR count). The van der Waals surface area contributed by atoms with Crippen molar-refractivity contribution in [3.05, 3.63) is 0 Å². The first-order valence-electron chi connectivity index (χ1n) is 0.730. The van der Waals surface area contributed by atoms with Crippen LogP contribution in [0.3, 0.4) is 0 Å². The van der Waals surface area contributed by atoms with Crippen LogP contribution in [-0.4, -0.2) is 14.5 Å². The second-order valence-electron chi connectivity index (χ2n) is 0.447. The molecule has 0 aliphatic carbocycles. The number of hydrogen-bond acceptors (Lipinski definition) is 4. The van der Waals surface area contributed by atoms with Gasteiger partial charge in [-0.2, -0.15) is 0 Å². The molecule has 4 nitrogen and oxygen atoms in total. The van der Waals surface area contributed by atoms with Crippen molar-refractivity contribution in [1.82, 2.24) is 0 Å². The Balaban J connectivity index is 0. The Hall–Kier alpha value is 1.52. The molecule has 0 saturated carbocycles. The van der Waals surface area contributed by atoms with E-state index in [2.05, 4.69) is 0 Å². The molecule has 0 atom stereocenters. The molecule has 0 aliphatic rings. The fourth-order valence-electron chi connectivity index (χ4n) is 0. The van der Waals surface area contributed by atoms with Gasteiger partial charge in [0.15, 0.2) is 0 Å². The van der Waals surface area contributed by atoms with Crippen molar-refractivity contribution in [1.29, 1.82) is 0 Å². The Kier molecular flexibility index (Phi) is 6.15. The summed E-state index contributed by atoms with van der Waals surface area (Å²) in [5, 5.41) is 0. The van der Waals surface area contributed by atoms with Gasteiger partial charge in [-0.05, 0) is 0 Å². The van der Waals surface area contributed by atoms with E-state index in [-0.39, 0.29) is 38.6 Å². The summed E-state index contributed by atoms with van der Waals surface area (Å²) in [4.78, 5) is 0. The van der Waals surface area contributed by atoms with Gasteiger partial charge in [0.2, 0.25) is 0 Å².